The molecule has 30 heavy (non-hydrogen) atoms. The van der Waals surface area contributed by atoms with Crippen molar-refractivity contribution in [3.05, 3.63) is 54.9 Å². The number of thioether (sulfide) groups is 1. The van der Waals surface area contributed by atoms with Gasteiger partial charge in [-0.1, -0.05) is 31.2 Å². The normalized spacial score (nSPS) is 11.6. The minimum Gasteiger partial charge on any atom is -0.325 e. The molecular formula is C19H23N7O2S2. The third-order valence-electron chi connectivity index (χ3n) is 5.01. The molecule has 4 rings (SSSR count). The van der Waals surface area contributed by atoms with E-state index in [2.05, 4.69) is 38.5 Å². The molecule has 4 aromatic heterocycles. The molecule has 0 unspecified atom stereocenters. The van der Waals surface area contributed by atoms with E-state index in [1.807, 2.05) is 17.7 Å². The standard InChI is InChI=1S/C19H23N7O2S2/c1-4-5-8-26-16-15(17(27)21-18(26)28)24(2)14(20-16)11-30-19-23-22-13(25(19)3)10-12-7-6-9-29-12/h6-7,9H,4-5,8,10-11H2,1-3H3,(H,21,27,28). The van der Waals surface area contributed by atoms with Gasteiger partial charge in [0.15, 0.2) is 16.3 Å². The van der Waals surface area contributed by atoms with Crippen molar-refractivity contribution in [3.63, 3.8) is 0 Å². The molecule has 4 aromatic rings. The molecule has 0 radical (unpaired) electrons. The Hall–Kier alpha value is -2.66. The number of H-pyrrole nitrogens is 1. The van der Waals surface area contributed by atoms with Gasteiger partial charge in [0, 0.05) is 31.9 Å². The van der Waals surface area contributed by atoms with E-state index in [4.69, 9.17) is 0 Å². The molecule has 0 aromatic carbocycles. The summed E-state index contributed by atoms with van der Waals surface area (Å²) in [4.78, 5) is 32.9. The Labute approximate surface area is 180 Å². The van der Waals surface area contributed by atoms with Crippen molar-refractivity contribution in [2.45, 2.75) is 43.6 Å². The number of imidazole rings is 1. The lowest BCUT2D eigenvalue weighted by atomic mass is 10.3. The molecule has 0 aliphatic rings. The van der Waals surface area contributed by atoms with E-state index in [1.54, 1.807) is 27.5 Å². The first-order valence-corrected chi connectivity index (χ1v) is 11.6. The summed E-state index contributed by atoms with van der Waals surface area (Å²) in [6.45, 7) is 2.59. The van der Waals surface area contributed by atoms with Gasteiger partial charge in [0.1, 0.15) is 11.6 Å². The number of hydrogen-bond acceptors (Lipinski definition) is 7. The van der Waals surface area contributed by atoms with E-state index in [1.165, 1.54) is 16.6 Å². The summed E-state index contributed by atoms with van der Waals surface area (Å²) in [5.41, 5.74) is 0.0277. The van der Waals surface area contributed by atoms with Crippen molar-refractivity contribution in [3.8, 4) is 0 Å². The van der Waals surface area contributed by atoms with E-state index in [0.29, 0.717) is 29.3 Å². The van der Waals surface area contributed by atoms with Crippen molar-refractivity contribution < 1.29 is 0 Å². The highest BCUT2D eigenvalue weighted by Gasteiger charge is 2.18. The predicted octanol–water partition coefficient (Wildman–Crippen LogP) is 2.30. The summed E-state index contributed by atoms with van der Waals surface area (Å²) in [6, 6.07) is 4.11. The first-order valence-electron chi connectivity index (χ1n) is 9.71. The van der Waals surface area contributed by atoms with E-state index in [0.717, 1.165) is 30.2 Å². The van der Waals surface area contributed by atoms with Crippen LogP contribution in [-0.4, -0.2) is 33.9 Å². The Morgan fingerprint density at radius 1 is 1.17 bits per heavy atom. The zero-order valence-corrected chi connectivity index (χ0v) is 18.7. The minimum absolute atomic E-state index is 0.411. The van der Waals surface area contributed by atoms with Crippen molar-refractivity contribution in [2.24, 2.45) is 14.1 Å². The predicted molar refractivity (Wildman–Crippen MR) is 118 cm³/mol. The monoisotopic (exact) mass is 445 g/mol. The fraction of sp³-hybridized carbons (Fsp3) is 0.421. The van der Waals surface area contributed by atoms with Gasteiger partial charge in [-0.05, 0) is 17.9 Å². The molecule has 1 N–H and O–H groups in total. The zero-order valence-electron chi connectivity index (χ0n) is 17.1. The molecule has 0 saturated carbocycles. The van der Waals surface area contributed by atoms with Gasteiger partial charge in [0.05, 0.1) is 5.75 Å². The van der Waals surface area contributed by atoms with Crippen LogP contribution < -0.4 is 11.2 Å². The van der Waals surface area contributed by atoms with Gasteiger partial charge in [0.25, 0.3) is 5.56 Å². The van der Waals surface area contributed by atoms with Crippen LogP contribution in [0.2, 0.25) is 0 Å². The molecule has 0 amide bonds. The summed E-state index contributed by atoms with van der Waals surface area (Å²) in [7, 11) is 3.75. The molecule has 11 heteroatoms. The maximum Gasteiger partial charge on any atom is 0.330 e. The largest absolute Gasteiger partial charge is 0.330 e. The van der Waals surface area contributed by atoms with Crippen LogP contribution in [0.25, 0.3) is 11.2 Å². The number of aryl methyl sites for hydroxylation is 2. The fourth-order valence-electron chi connectivity index (χ4n) is 3.27. The number of nitrogens with one attached hydrogen (secondary N) is 1. The fourth-order valence-corrected chi connectivity index (χ4v) is 4.88. The number of fused-ring (bicyclic) bond motifs is 1. The number of hydrogen-bond donors (Lipinski definition) is 1. The molecular weight excluding hydrogens is 422 g/mol. The van der Waals surface area contributed by atoms with Crippen LogP contribution in [0, 0.1) is 0 Å². The number of aromatic nitrogens is 7. The lowest BCUT2D eigenvalue weighted by Crippen LogP contribution is -2.31. The number of nitrogens with zero attached hydrogens (tertiary/aromatic N) is 6. The summed E-state index contributed by atoms with van der Waals surface area (Å²) in [6.07, 6.45) is 2.53. The SMILES string of the molecule is CCCCn1c(=O)[nH]c(=O)c2c1nc(CSc1nnc(Cc3cccs3)n1C)n2C. The summed E-state index contributed by atoms with van der Waals surface area (Å²) < 4.78 is 5.29. The first-order chi connectivity index (χ1) is 14.5. The quantitative estimate of drug-likeness (QED) is 0.418. The van der Waals surface area contributed by atoms with E-state index in [9.17, 15) is 9.59 Å². The molecule has 0 saturated heterocycles. The van der Waals surface area contributed by atoms with Crippen LogP contribution in [0.1, 0.15) is 36.3 Å². The Morgan fingerprint density at radius 3 is 2.73 bits per heavy atom. The number of aromatic amines is 1. The highest BCUT2D eigenvalue weighted by molar-refractivity contribution is 7.98. The number of thiophene rings is 1. The second-order valence-electron chi connectivity index (χ2n) is 7.03. The molecule has 0 fully saturated rings. The smallest absolute Gasteiger partial charge is 0.325 e. The maximum absolute atomic E-state index is 12.4. The van der Waals surface area contributed by atoms with Crippen LogP contribution >= 0.6 is 23.1 Å². The third-order valence-corrected chi connectivity index (χ3v) is 6.90. The number of unbranched alkanes of at least 4 members (excludes halogenated alkanes) is 1. The second-order valence-corrected chi connectivity index (χ2v) is 9.00. The average molecular weight is 446 g/mol. The van der Waals surface area contributed by atoms with Crippen LogP contribution in [0.15, 0.2) is 32.3 Å². The number of rotatable bonds is 8. The Kier molecular flexibility index (Phi) is 5.91. The van der Waals surface area contributed by atoms with Gasteiger partial charge in [-0.2, -0.15) is 0 Å². The first kappa shape index (κ1) is 20.6. The van der Waals surface area contributed by atoms with Gasteiger partial charge in [0.2, 0.25) is 0 Å². The van der Waals surface area contributed by atoms with Gasteiger partial charge < -0.3 is 9.13 Å². The van der Waals surface area contributed by atoms with Crippen molar-refractivity contribution >= 4 is 34.3 Å². The van der Waals surface area contributed by atoms with Crippen molar-refractivity contribution in [1.82, 2.24) is 33.9 Å². The highest BCUT2D eigenvalue weighted by atomic mass is 32.2. The van der Waals surface area contributed by atoms with Gasteiger partial charge in [-0.25, -0.2) is 9.78 Å². The van der Waals surface area contributed by atoms with Gasteiger partial charge in [-0.15, -0.1) is 21.5 Å². The molecule has 158 valence electrons. The Bertz CT molecular complexity index is 1280. The molecule has 0 atom stereocenters. The van der Waals surface area contributed by atoms with E-state index >= 15 is 0 Å². The van der Waals surface area contributed by atoms with Crippen LogP contribution in [-0.2, 0) is 32.8 Å². The summed E-state index contributed by atoms with van der Waals surface area (Å²) in [5, 5.41) is 11.5. The molecule has 4 heterocycles. The van der Waals surface area contributed by atoms with Crippen LogP contribution in [0.5, 0.6) is 0 Å². The zero-order chi connectivity index (χ0) is 21.3. The van der Waals surface area contributed by atoms with Gasteiger partial charge in [-0.3, -0.25) is 14.3 Å². The van der Waals surface area contributed by atoms with E-state index in [-0.39, 0.29) is 0 Å². The Balaban J connectivity index is 1.60. The van der Waals surface area contributed by atoms with Crippen LogP contribution in [0.3, 0.4) is 0 Å². The molecule has 0 spiro atoms. The second kappa shape index (κ2) is 8.60. The molecule has 9 nitrogen and oxygen atoms in total. The van der Waals surface area contributed by atoms with Crippen molar-refractivity contribution in [2.75, 3.05) is 0 Å². The lowest BCUT2D eigenvalue weighted by molar-refractivity contribution is 0.613. The lowest BCUT2D eigenvalue weighted by Gasteiger charge is -2.04. The molecule has 0 bridgehead atoms. The average Bonchev–Trinajstić information content (AvgIpc) is 3.42. The van der Waals surface area contributed by atoms with Crippen LogP contribution in [0.4, 0.5) is 0 Å². The Morgan fingerprint density at radius 2 is 2.00 bits per heavy atom. The van der Waals surface area contributed by atoms with Crippen molar-refractivity contribution in [1.29, 1.82) is 0 Å². The minimum atomic E-state index is -0.412. The maximum atomic E-state index is 12.4. The van der Waals surface area contributed by atoms with E-state index < -0.39 is 11.2 Å². The molecule has 0 aliphatic heterocycles. The summed E-state index contributed by atoms with van der Waals surface area (Å²) >= 11 is 3.20. The summed E-state index contributed by atoms with van der Waals surface area (Å²) in [5.74, 6) is 2.12. The topological polar surface area (TPSA) is 103 Å². The van der Waals surface area contributed by atoms with Gasteiger partial charge >= 0.3 is 5.69 Å². The third kappa shape index (κ3) is 3.86. The molecule has 0 aliphatic carbocycles. The highest BCUT2D eigenvalue weighted by Crippen LogP contribution is 2.23.